The summed E-state index contributed by atoms with van der Waals surface area (Å²) in [6.45, 7) is 4.18. The number of carbonyl (C=O) groups is 1. The van der Waals surface area contributed by atoms with Crippen molar-refractivity contribution in [1.29, 1.82) is 0 Å². The Labute approximate surface area is 134 Å². The first kappa shape index (κ1) is 15.5. The fraction of sp³-hybridized carbons (Fsp3) is 0.333. The molecular weight excluding hydrogens is 292 g/mol. The predicted octanol–water partition coefficient (Wildman–Crippen LogP) is 2.30. The molecule has 1 aliphatic rings. The Morgan fingerprint density at radius 3 is 2.70 bits per heavy atom. The summed E-state index contributed by atoms with van der Waals surface area (Å²) >= 11 is 0. The zero-order valence-corrected chi connectivity index (χ0v) is 13.1. The molecule has 1 fully saturated rings. The standard InChI is InChI=1S/C18H20N2O3/c1-13-7-10-20(17(21)16(13)18(22)23)15-8-9-19(12-15)11-14-5-3-2-4-6-14/h2-7,10,15H,8-9,11-12H2,1H3,(H,22,23). The van der Waals surface area contributed by atoms with E-state index in [0.29, 0.717) is 5.56 Å². The van der Waals surface area contributed by atoms with Crippen molar-refractivity contribution in [2.45, 2.75) is 25.9 Å². The number of pyridine rings is 1. The highest BCUT2D eigenvalue weighted by Crippen LogP contribution is 2.22. The van der Waals surface area contributed by atoms with Crippen molar-refractivity contribution >= 4 is 5.97 Å². The molecule has 2 heterocycles. The Kier molecular flexibility index (Phi) is 4.30. The number of hydrogen-bond acceptors (Lipinski definition) is 3. The number of nitrogens with zero attached hydrogens (tertiary/aromatic N) is 2. The SMILES string of the molecule is Cc1ccn(C2CCN(Cc3ccccc3)C2)c(=O)c1C(=O)O. The second kappa shape index (κ2) is 6.38. The van der Waals surface area contributed by atoms with Crippen LogP contribution in [0.15, 0.2) is 47.4 Å². The summed E-state index contributed by atoms with van der Waals surface area (Å²) in [7, 11) is 0. The summed E-state index contributed by atoms with van der Waals surface area (Å²) in [4.78, 5) is 26.0. The summed E-state index contributed by atoms with van der Waals surface area (Å²) in [5.74, 6) is -1.15. The van der Waals surface area contributed by atoms with E-state index in [9.17, 15) is 14.7 Å². The summed E-state index contributed by atoms with van der Waals surface area (Å²) in [5.41, 5.74) is 1.24. The molecular formula is C18H20N2O3. The maximum Gasteiger partial charge on any atom is 0.341 e. The van der Waals surface area contributed by atoms with Crippen LogP contribution >= 0.6 is 0 Å². The molecule has 1 saturated heterocycles. The number of aryl methyl sites for hydroxylation is 1. The number of carboxylic acids is 1. The van der Waals surface area contributed by atoms with Gasteiger partial charge in [0, 0.05) is 25.8 Å². The van der Waals surface area contributed by atoms with Gasteiger partial charge in [0.05, 0.1) is 6.04 Å². The average molecular weight is 312 g/mol. The maximum atomic E-state index is 12.4. The van der Waals surface area contributed by atoms with Crippen LogP contribution < -0.4 is 5.56 Å². The number of carboxylic acid groups (broad SMARTS) is 1. The van der Waals surface area contributed by atoms with E-state index in [1.165, 1.54) is 5.56 Å². The van der Waals surface area contributed by atoms with Gasteiger partial charge in [0.25, 0.3) is 5.56 Å². The van der Waals surface area contributed by atoms with Crippen LogP contribution in [0.2, 0.25) is 0 Å². The summed E-state index contributed by atoms with van der Waals surface area (Å²) in [6.07, 6.45) is 2.58. The molecule has 3 rings (SSSR count). The van der Waals surface area contributed by atoms with Crippen LogP contribution in [-0.4, -0.2) is 33.6 Å². The van der Waals surface area contributed by atoms with E-state index in [-0.39, 0.29) is 11.6 Å². The molecule has 0 spiro atoms. The van der Waals surface area contributed by atoms with Gasteiger partial charge in [0.1, 0.15) is 5.56 Å². The molecule has 1 N–H and O–H groups in total. The largest absolute Gasteiger partial charge is 0.477 e. The zero-order chi connectivity index (χ0) is 16.4. The highest BCUT2D eigenvalue weighted by atomic mass is 16.4. The molecule has 5 heteroatoms. The summed E-state index contributed by atoms with van der Waals surface area (Å²) < 4.78 is 1.58. The highest BCUT2D eigenvalue weighted by molar-refractivity contribution is 5.88. The number of aromatic carboxylic acids is 1. The van der Waals surface area contributed by atoms with Crippen molar-refractivity contribution in [3.05, 3.63) is 69.6 Å². The fourth-order valence-electron chi connectivity index (χ4n) is 3.21. The number of rotatable bonds is 4. The molecule has 23 heavy (non-hydrogen) atoms. The third-order valence-corrected chi connectivity index (χ3v) is 4.43. The average Bonchev–Trinajstić information content (AvgIpc) is 2.96. The number of likely N-dealkylation sites (tertiary alicyclic amines) is 1. The van der Waals surface area contributed by atoms with Gasteiger partial charge in [-0.1, -0.05) is 30.3 Å². The van der Waals surface area contributed by atoms with E-state index in [1.54, 1.807) is 23.8 Å². The van der Waals surface area contributed by atoms with Crippen LogP contribution in [0.3, 0.4) is 0 Å². The molecule has 0 radical (unpaired) electrons. The second-order valence-corrected chi connectivity index (χ2v) is 6.05. The monoisotopic (exact) mass is 312 g/mol. The van der Waals surface area contributed by atoms with Gasteiger partial charge in [-0.2, -0.15) is 0 Å². The van der Waals surface area contributed by atoms with Crippen molar-refractivity contribution in [3.63, 3.8) is 0 Å². The van der Waals surface area contributed by atoms with E-state index < -0.39 is 11.5 Å². The first-order valence-electron chi connectivity index (χ1n) is 7.77. The first-order chi connectivity index (χ1) is 11.1. The Bertz CT molecular complexity index is 768. The summed E-state index contributed by atoms with van der Waals surface area (Å²) in [5, 5.41) is 9.24. The van der Waals surface area contributed by atoms with Gasteiger partial charge >= 0.3 is 5.97 Å². The molecule has 1 aromatic heterocycles. The predicted molar refractivity (Wildman–Crippen MR) is 87.8 cm³/mol. The van der Waals surface area contributed by atoms with Crippen LogP contribution in [0.1, 0.15) is 33.9 Å². The third kappa shape index (κ3) is 3.19. The first-order valence-corrected chi connectivity index (χ1v) is 7.77. The topological polar surface area (TPSA) is 62.5 Å². The van der Waals surface area contributed by atoms with E-state index in [1.807, 2.05) is 18.2 Å². The minimum Gasteiger partial charge on any atom is -0.477 e. The molecule has 1 aromatic carbocycles. The van der Waals surface area contributed by atoms with Crippen LogP contribution in [0.5, 0.6) is 0 Å². The minimum atomic E-state index is -1.15. The third-order valence-electron chi connectivity index (χ3n) is 4.43. The van der Waals surface area contributed by atoms with Gasteiger partial charge in [-0.15, -0.1) is 0 Å². The Morgan fingerprint density at radius 1 is 1.26 bits per heavy atom. The molecule has 0 saturated carbocycles. The molecule has 5 nitrogen and oxygen atoms in total. The molecule has 2 aromatic rings. The van der Waals surface area contributed by atoms with E-state index in [2.05, 4.69) is 17.0 Å². The molecule has 0 bridgehead atoms. The van der Waals surface area contributed by atoms with Crippen molar-refractivity contribution in [1.82, 2.24) is 9.47 Å². The quantitative estimate of drug-likeness (QED) is 0.941. The normalized spacial score (nSPS) is 18.2. The van der Waals surface area contributed by atoms with Crippen molar-refractivity contribution in [2.75, 3.05) is 13.1 Å². The maximum absolute atomic E-state index is 12.4. The molecule has 0 aliphatic carbocycles. The lowest BCUT2D eigenvalue weighted by molar-refractivity contribution is 0.0693. The molecule has 1 aliphatic heterocycles. The second-order valence-electron chi connectivity index (χ2n) is 6.05. The zero-order valence-electron chi connectivity index (χ0n) is 13.1. The van der Waals surface area contributed by atoms with Gasteiger partial charge in [0.15, 0.2) is 0 Å². The lowest BCUT2D eigenvalue weighted by atomic mass is 10.1. The van der Waals surface area contributed by atoms with E-state index in [4.69, 9.17) is 0 Å². The lowest BCUT2D eigenvalue weighted by Crippen LogP contribution is -2.31. The minimum absolute atomic E-state index is 0.0323. The van der Waals surface area contributed by atoms with Gasteiger partial charge in [-0.3, -0.25) is 9.69 Å². The number of hydrogen-bond donors (Lipinski definition) is 1. The van der Waals surface area contributed by atoms with Gasteiger partial charge in [-0.25, -0.2) is 4.79 Å². The van der Waals surface area contributed by atoms with Crippen molar-refractivity contribution < 1.29 is 9.90 Å². The molecule has 0 amide bonds. The Hall–Kier alpha value is -2.40. The van der Waals surface area contributed by atoms with E-state index in [0.717, 1.165) is 26.1 Å². The highest BCUT2D eigenvalue weighted by Gasteiger charge is 2.26. The number of aromatic nitrogens is 1. The van der Waals surface area contributed by atoms with Gasteiger partial charge < -0.3 is 9.67 Å². The van der Waals surface area contributed by atoms with Gasteiger partial charge in [0.2, 0.25) is 0 Å². The Balaban J connectivity index is 1.78. The molecule has 1 atom stereocenters. The van der Waals surface area contributed by atoms with Crippen LogP contribution in [0.25, 0.3) is 0 Å². The van der Waals surface area contributed by atoms with Crippen LogP contribution in [0.4, 0.5) is 0 Å². The van der Waals surface area contributed by atoms with Crippen LogP contribution in [0, 0.1) is 6.92 Å². The van der Waals surface area contributed by atoms with Crippen molar-refractivity contribution in [3.8, 4) is 0 Å². The van der Waals surface area contributed by atoms with E-state index >= 15 is 0 Å². The molecule has 1 unspecified atom stereocenters. The smallest absolute Gasteiger partial charge is 0.341 e. The van der Waals surface area contributed by atoms with Crippen molar-refractivity contribution in [2.24, 2.45) is 0 Å². The lowest BCUT2D eigenvalue weighted by Gasteiger charge is -2.18. The molecule has 120 valence electrons. The van der Waals surface area contributed by atoms with Gasteiger partial charge in [-0.05, 0) is 30.5 Å². The Morgan fingerprint density at radius 2 is 2.00 bits per heavy atom. The fourth-order valence-corrected chi connectivity index (χ4v) is 3.21. The summed E-state index contributed by atoms with van der Waals surface area (Å²) in [6, 6.07) is 12.0. The van der Waals surface area contributed by atoms with Crippen LogP contribution in [-0.2, 0) is 6.54 Å². The number of benzene rings is 1.